The van der Waals surface area contributed by atoms with Crippen LogP contribution >= 0.6 is 19.1 Å². The summed E-state index contributed by atoms with van der Waals surface area (Å²) in [5.74, 6) is 1.30. The van der Waals surface area contributed by atoms with Crippen molar-refractivity contribution in [2.45, 2.75) is 43.6 Å². The SMILES string of the molecule is C=C1N=C2Nc3cc(N(CC)CC)ccc3SC2=CN1[C@H]1C[C@@H](O)[C@@H](COP(C)(C)=O)O1. The molecule has 174 valence electrons. The maximum atomic E-state index is 11.8. The first-order chi connectivity index (χ1) is 15.2. The standard InChI is InChI=1S/C22H31N4O4PS/c1-6-25(7-2)15-8-9-19-16(10-15)24-22-20(32-19)12-26(14(3)23-22)21-11-17(27)18(30-21)13-29-31(4,5)28/h8-10,12,17-18,21,27H,3,6-7,11,13H2,1-2,4-5H3,(H,23,24)/t17-,18-,21-/m1/s1. The van der Waals surface area contributed by atoms with Crippen LogP contribution in [0.2, 0.25) is 0 Å². The van der Waals surface area contributed by atoms with Gasteiger partial charge in [0.1, 0.15) is 24.0 Å². The van der Waals surface area contributed by atoms with E-state index >= 15 is 0 Å². The zero-order chi connectivity index (χ0) is 23.0. The summed E-state index contributed by atoms with van der Waals surface area (Å²) in [5, 5.41) is 13.9. The van der Waals surface area contributed by atoms with Gasteiger partial charge in [-0.15, -0.1) is 0 Å². The Morgan fingerprint density at radius 1 is 1.41 bits per heavy atom. The number of anilines is 2. The van der Waals surface area contributed by atoms with Crippen LogP contribution < -0.4 is 10.2 Å². The van der Waals surface area contributed by atoms with Gasteiger partial charge in [-0.2, -0.15) is 0 Å². The van der Waals surface area contributed by atoms with E-state index in [1.807, 2.05) is 11.1 Å². The van der Waals surface area contributed by atoms with Gasteiger partial charge in [0.2, 0.25) is 0 Å². The molecule has 3 heterocycles. The number of fused-ring (bicyclic) bond motifs is 2. The number of thioether (sulfide) groups is 1. The Labute approximate surface area is 193 Å². The van der Waals surface area contributed by atoms with Crippen LogP contribution in [0, 0.1) is 0 Å². The van der Waals surface area contributed by atoms with E-state index in [0.717, 1.165) is 34.4 Å². The van der Waals surface area contributed by atoms with E-state index in [1.165, 1.54) is 5.69 Å². The van der Waals surface area contributed by atoms with Crippen molar-refractivity contribution in [2.24, 2.45) is 4.99 Å². The number of rotatable bonds is 7. The molecule has 3 atom stereocenters. The van der Waals surface area contributed by atoms with E-state index in [-0.39, 0.29) is 6.61 Å². The molecule has 1 aromatic rings. The highest BCUT2D eigenvalue weighted by Gasteiger charge is 2.39. The smallest absolute Gasteiger partial charge is 0.197 e. The summed E-state index contributed by atoms with van der Waals surface area (Å²) < 4.78 is 23.2. The predicted octanol–water partition coefficient (Wildman–Crippen LogP) is 4.11. The van der Waals surface area contributed by atoms with Crippen molar-refractivity contribution < 1.29 is 18.9 Å². The fraction of sp³-hybridized carbons (Fsp3) is 0.500. The molecule has 0 amide bonds. The van der Waals surface area contributed by atoms with E-state index < -0.39 is 25.8 Å². The van der Waals surface area contributed by atoms with Gasteiger partial charge in [-0.3, -0.25) is 4.57 Å². The minimum Gasteiger partial charge on any atom is -0.390 e. The molecule has 0 unspecified atom stereocenters. The van der Waals surface area contributed by atoms with Crippen molar-refractivity contribution in [2.75, 3.05) is 43.2 Å². The number of hydrogen-bond donors (Lipinski definition) is 2. The third kappa shape index (κ3) is 4.92. The third-order valence-electron chi connectivity index (χ3n) is 5.66. The number of aliphatic imine (C=N–C) groups is 1. The molecule has 3 aliphatic heterocycles. The molecule has 1 fully saturated rings. The average molecular weight is 479 g/mol. The fourth-order valence-corrected chi connectivity index (χ4v) is 5.40. The largest absolute Gasteiger partial charge is 0.390 e. The van der Waals surface area contributed by atoms with Gasteiger partial charge in [0.05, 0.1) is 23.3 Å². The Kier molecular flexibility index (Phi) is 6.75. The number of aliphatic hydroxyl groups is 1. The molecule has 0 spiro atoms. The predicted molar refractivity (Wildman–Crippen MR) is 131 cm³/mol. The number of ether oxygens (including phenoxy) is 1. The van der Waals surface area contributed by atoms with Crippen molar-refractivity contribution >= 4 is 36.3 Å². The van der Waals surface area contributed by atoms with Gasteiger partial charge in [-0.1, -0.05) is 18.3 Å². The minimum absolute atomic E-state index is 0.0892. The fourth-order valence-electron chi connectivity index (χ4n) is 3.94. The van der Waals surface area contributed by atoms with Crippen LogP contribution in [0.1, 0.15) is 20.3 Å². The lowest BCUT2D eigenvalue weighted by Gasteiger charge is -2.34. The van der Waals surface area contributed by atoms with Crippen molar-refractivity contribution in [3.8, 4) is 0 Å². The molecule has 0 radical (unpaired) electrons. The molecule has 0 aromatic heterocycles. The van der Waals surface area contributed by atoms with Crippen LogP contribution in [-0.4, -0.2) is 67.3 Å². The van der Waals surface area contributed by atoms with Gasteiger partial charge in [-0.05, 0) is 32.0 Å². The Morgan fingerprint density at radius 2 is 2.16 bits per heavy atom. The van der Waals surface area contributed by atoms with E-state index in [9.17, 15) is 9.67 Å². The zero-order valence-electron chi connectivity index (χ0n) is 18.9. The first-order valence-corrected chi connectivity index (χ1v) is 14.2. The van der Waals surface area contributed by atoms with Gasteiger partial charge < -0.3 is 29.5 Å². The lowest BCUT2D eigenvalue weighted by molar-refractivity contribution is -0.0514. The Balaban J connectivity index is 1.50. The number of aliphatic hydroxyl groups excluding tert-OH is 1. The molecule has 1 saturated heterocycles. The van der Waals surface area contributed by atoms with Crippen molar-refractivity contribution in [1.82, 2.24) is 4.90 Å². The first-order valence-electron chi connectivity index (χ1n) is 10.8. The second kappa shape index (κ2) is 9.23. The highest BCUT2D eigenvalue weighted by Crippen LogP contribution is 2.43. The Bertz CT molecular complexity index is 1000. The number of benzene rings is 1. The van der Waals surface area contributed by atoms with Gasteiger partial charge >= 0.3 is 0 Å². The monoisotopic (exact) mass is 478 g/mol. The number of nitrogens with one attached hydrogen (secondary N) is 1. The summed E-state index contributed by atoms with van der Waals surface area (Å²) in [6.07, 6.45) is 0.695. The molecule has 32 heavy (non-hydrogen) atoms. The van der Waals surface area contributed by atoms with Crippen LogP contribution in [0.25, 0.3) is 0 Å². The number of hydrogen-bond acceptors (Lipinski definition) is 9. The second-order valence-electron chi connectivity index (χ2n) is 8.34. The van der Waals surface area contributed by atoms with E-state index in [2.05, 4.69) is 53.8 Å². The van der Waals surface area contributed by atoms with Crippen LogP contribution in [0.3, 0.4) is 0 Å². The highest BCUT2D eigenvalue weighted by molar-refractivity contribution is 8.04. The second-order valence-corrected chi connectivity index (χ2v) is 12.2. The lowest BCUT2D eigenvalue weighted by Crippen LogP contribution is -2.35. The van der Waals surface area contributed by atoms with E-state index in [0.29, 0.717) is 12.2 Å². The third-order valence-corrected chi connectivity index (χ3v) is 7.52. The zero-order valence-corrected chi connectivity index (χ0v) is 20.7. The summed E-state index contributed by atoms with van der Waals surface area (Å²) in [6, 6.07) is 6.43. The molecular weight excluding hydrogens is 447 g/mol. The Morgan fingerprint density at radius 3 is 2.84 bits per heavy atom. The van der Waals surface area contributed by atoms with Crippen molar-refractivity contribution in [3.05, 3.63) is 41.7 Å². The van der Waals surface area contributed by atoms with E-state index in [1.54, 1.807) is 25.1 Å². The van der Waals surface area contributed by atoms with Crippen LogP contribution in [0.4, 0.5) is 11.4 Å². The summed E-state index contributed by atoms with van der Waals surface area (Å²) in [4.78, 5) is 10.9. The van der Waals surface area contributed by atoms with Gasteiger partial charge in [-0.25, -0.2) is 4.99 Å². The average Bonchev–Trinajstić information content (AvgIpc) is 3.11. The first kappa shape index (κ1) is 23.4. The van der Waals surface area contributed by atoms with Gasteiger partial charge in [0.25, 0.3) is 0 Å². The summed E-state index contributed by atoms with van der Waals surface area (Å²) >= 11 is 1.64. The van der Waals surface area contributed by atoms with Crippen LogP contribution in [0.15, 0.2) is 51.6 Å². The van der Waals surface area contributed by atoms with Crippen LogP contribution in [-0.2, 0) is 13.8 Å². The minimum atomic E-state index is -2.64. The molecule has 0 bridgehead atoms. The summed E-state index contributed by atoms with van der Waals surface area (Å²) in [7, 11) is -2.64. The molecule has 10 heteroatoms. The molecule has 0 saturated carbocycles. The maximum Gasteiger partial charge on any atom is 0.197 e. The lowest BCUT2D eigenvalue weighted by atomic mass is 10.2. The normalized spacial score (nSPS) is 25.0. The topological polar surface area (TPSA) is 86.6 Å². The summed E-state index contributed by atoms with van der Waals surface area (Å²) in [6.45, 7) is 13.5. The van der Waals surface area contributed by atoms with E-state index in [4.69, 9.17) is 9.26 Å². The molecule has 3 aliphatic rings. The van der Waals surface area contributed by atoms with Crippen LogP contribution in [0.5, 0.6) is 0 Å². The van der Waals surface area contributed by atoms with Crippen molar-refractivity contribution in [1.29, 1.82) is 0 Å². The quantitative estimate of drug-likeness (QED) is 0.567. The molecular formula is C22H31N4O4PS. The molecule has 2 N–H and O–H groups in total. The summed E-state index contributed by atoms with van der Waals surface area (Å²) in [5.41, 5.74) is 2.21. The maximum absolute atomic E-state index is 11.8. The molecule has 8 nitrogen and oxygen atoms in total. The Hall–Kier alpha value is -1.77. The highest BCUT2D eigenvalue weighted by atomic mass is 32.2. The van der Waals surface area contributed by atoms with Gasteiger partial charge in [0.15, 0.2) is 7.37 Å². The van der Waals surface area contributed by atoms with Crippen molar-refractivity contribution in [3.63, 3.8) is 0 Å². The number of amidine groups is 1. The van der Waals surface area contributed by atoms with Gasteiger partial charge in [0, 0.05) is 49.6 Å². The molecule has 4 rings (SSSR count). The molecule has 1 aromatic carbocycles. The molecule has 0 aliphatic carbocycles. The number of nitrogens with zero attached hydrogens (tertiary/aromatic N) is 3.